The van der Waals surface area contributed by atoms with Gasteiger partial charge in [-0.05, 0) is 79.9 Å². The van der Waals surface area contributed by atoms with Gasteiger partial charge in [-0.1, -0.05) is 75.6 Å². The standard InChI is InChI=1S/C24H37Cl/c1-2-3-4-5-6-19-7-9-20(10-8-19)21-11-13-22(14-12-21)23-15-17-24(25)18-16-23/h15-22H,2-14H2,1H3/t19-,20-,21-,22-. The first kappa shape index (κ1) is 19.3. The van der Waals surface area contributed by atoms with Crippen LogP contribution in [0.1, 0.15) is 102 Å². The van der Waals surface area contributed by atoms with Crippen molar-refractivity contribution in [3.63, 3.8) is 0 Å². The van der Waals surface area contributed by atoms with Gasteiger partial charge in [0.2, 0.25) is 0 Å². The van der Waals surface area contributed by atoms with Crippen LogP contribution in [-0.4, -0.2) is 0 Å². The zero-order valence-corrected chi connectivity index (χ0v) is 16.9. The minimum atomic E-state index is 0.781. The lowest BCUT2D eigenvalue weighted by Crippen LogP contribution is -2.25. The summed E-state index contributed by atoms with van der Waals surface area (Å²) in [5, 5.41) is 0.865. The zero-order chi connectivity index (χ0) is 17.5. The van der Waals surface area contributed by atoms with E-state index in [-0.39, 0.29) is 0 Å². The van der Waals surface area contributed by atoms with Gasteiger partial charge in [-0.15, -0.1) is 0 Å². The summed E-state index contributed by atoms with van der Waals surface area (Å²) in [5.74, 6) is 3.89. The highest BCUT2D eigenvalue weighted by atomic mass is 35.5. The van der Waals surface area contributed by atoms with Gasteiger partial charge >= 0.3 is 0 Å². The molecule has 0 radical (unpaired) electrons. The van der Waals surface area contributed by atoms with E-state index in [4.69, 9.17) is 11.6 Å². The Morgan fingerprint density at radius 1 is 0.760 bits per heavy atom. The molecular weight excluding hydrogens is 324 g/mol. The van der Waals surface area contributed by atoms with Gasteiger partial charge in [-0.3, -0.25) is 0 Å². The van der Waals surface area contributed by atoms with E-state index in [1.807, 2.05) is 0 Å². The van der Waals surface area contributed by atoms with Gasteiger partial charge in [0.15, 0.2) is 0 Å². The molecule has 1 aromatic carbocycles. The van der Waals surface area contributed by atoms with Crippen molar-refractivity contribution in [3.8, 4) is 0 Å². The largest absolute Gasteiger partial charge is 0.0843 e. The Balaban J connectivity index is 1.37. The Hall–Kier alpha value is -0.490. The molecular formula is C24H37Cl. The fraction of sp³-hybridized carbons (Fsp3) is 0.750. The van der Waals surface area contributed by atoms with Crippen molar-refractivity contribution in [2.24, 2.45) is 17.8 Å². The van der Waals surface area contributed by atoms with Crippen molar-refractivity contribution in [2.75, 3.05) is 0 Å². The average molecular weight is 361 g/mol. The molecule has 0 unspecified atom stereocenters. The molecule has 0 aliphatic heterocycles. The van der Waals surface area contributed by atoms with Crippen molar-refractivity contribution in [3.05, 3.63) is 34.9 Å². The minimum Gasteiger partial charge on any atom is -0.0843 e. The van der Waals surface area contributed by atoms with Crippen LogP contribution < -0.4 is 0 Å². The van der Waals surface area contributed by atoms with Crippen molar-refractivity contribution in [1.82, 2.24) is 0 Å². The second-order valence-corrected chi connectivity index (χ2v) is 9.23. The minimum absolute atomic E-state index is 0.781. The monoisotopic (exact) mass is 360 g/mol. The molecule has 0 N–H and O–H groups in total. The molecule has 2 saturated carbocycles. The lowest BCUT2D eigenvalue weighted by atomic mass is 9.68. The summed E-state index contributed by atoms with van der Waals surface area (Å²) in [5.41, 5.74) is 1.51. The summed E-state index contributed by atoms with van der Waals surface area (Å²) in [4.78, 5) is 0. The van der Waals surface area contributed by atoms with Gasteiger partial charge in [-0.2, -0.15) is 0 Å². The third-order valence-electron chi connectivity index (χ3n) is 7.14. The Morgan fingerprint density at radius 2 is 1.36 bits per heavy atom. The van der Waals surface area contributed by atoms with E-state index >= 15 is 0 Å². The molecule has 3 rings (SSSR count). The van der Waals surface area contributed by atoms with Crippen LogP contribution in [0.3, 0.4) is 0 Å². The van der Waals surface area contributed by atoms with Crippen molar-refractivity contribution < 1.29 is 0 Å². The van der Waals surface area contributed by atoms with Gasteiger partial charge in [0.1, 0.15) is 0 Å². The molecule has 140 valence electrons. The van der Waals surface area contributed by atoms with Gasteiger partial charge in [0, 0.05) is 5.02 Å². The van der Waals surface area contributed by atoms with Crippen LogP contribution in [0.2, 0.25) is 5.02 Å². The highest BCUT2D eigenvalue weighted by Crippen LogP contribution is 2.44. The van der Waals surface area contributed by atoms with E-state index in [0.717, 1.165) is 28.7 Å². The summed E-state index contributed by atoms with van der Waals surface area (Å²) in [6.07, 6.45) is 19.0. The molecule has 25 heavy (non-hydrogen) atoms. The quantitative estimate of drug-likeness (QED) is 0.428. The highest BCUT2D eigenvalue weighted by Gasteiger charge is 2.31. The van der Waals surface area contributed by atoms with Gasteiger partial charge in [-0.25, -0.2) is 0 Å². The molecule has 2 aliphatic carbocycles. The van der Waals surface area contributed by atoms with Gasteiger partial charge in [0.25, 0.3) is 0 Å². The maximum atomic E-state index is 6.03. The topological polar surface area (TPSA) is 0 Å². The van der Waals surface area contributed by atoms with Crippen LogP contribution in [0, 0.1) is 17.8 Å². The lowest BCUT2D eigenvalue weighted by molar-refractivity contribution is 0.155. The number of benzene rings is 1. The maximum absolute atomic E-state index is 6.03. The van der Waals surface area contributed by atoms with E-state index in [2.05, 4.69) is 31.2 Å². The van der Waals surface area contributed by atoms with Crippen molar-refractivity contribution in [2.45, 2.75) is 96.3 Å². The third-order valence-corrected chi connectivity index (χ3v) is 7.39. The van der Waals surface area contributed by atoms with E-state index in [0.29, 0.717) is 0 Å². The molecule has 0 amide bonds. The fourth-order valence-electron chi connectivity index (χ4n) is 5.47. The summed E-state index contributed by atoms with van der Waals surface area (Å²) in [7, 11) is 0. The number of hydrogen-bond acceptors (Lipinski definition) is 0. The third kappa shape index (κ3) is 5.75. The predicted molar refractivity (Wildman–Crippen MR) is 110 cm³/mol. The van der Waals surface area contributed by atoms with Gasteiger partial charge < -0.3 is 0 Å². The van der Waals surface area contributed by atoms with Crippen LogP contribution in [0.25, 0.3) is 0 Å². The molecule has 2 aliphatic rings. The first-order valence-electron chi connectivity index (χ1n) is 11.0. The summed E-state index contributed by atoms with van der Waals surface area (Å²) in [6, 6.07) is 8.61. The second kappa shape index (κ2) is 10.0. The van der Waals surface area contributed by atoms with Crippen LogP contribution in [-0.2, 0) is 0 Å². The second-order valence-electron chi connectivity index (χ2n) is 8.79. The van der Waals surface area contributed by atoms with E-state index in [1.165, 1.54) is 89.0 Å². The van der Waals surface area contributed by atoms with Crippen molar-refractivity contribution in [1.29, 1.82) is 0 Å². The number of halogens is 1. The molecule has 0 bridgehead atoms. The Morgan fingerprint density at radius 3 is 1.96 bits per heavy atom. The van der Waals surface area contributed by atoms with Crippen molar-refractivity contribution >= 4 is 11.6 Å². The van der Waals surface area contributed by atoms with Crippen LogP contribution in [0.5, 0.6) is 0 Å². The molecule has 1 heteroatoms. The van der Waals surface area contributed by atoms with Gasteiger partial charge in [0.05, 0.1) is 0 Å². The number of rotatable bonds is 7. The lowest BCUT2D eigenvalue weighted by Gasteiger charge is -2.38. The van der Waals surface area contributed by atoms with Crippen LogP contribution >= 0.6 is 11.6 Å². The molecule has 0 spiro atoms. The summed E-state index contributed by atoms with van der Waals surface area (Å²) < 4.78 is 0. The zero-order valence-electron chi connectivity index (χ0n) is 16.2. The summed E-state index contributed by atoms with van der Waals surface area (Å²) >= 11 is 6.03. The average Bonchev–Trinajstić information content (AvgIpc) is 2.67. The first-order valence-corrected chi connectivity index (χ1v) is 11.4. The highest BCUT2D eigenvalue weighted by molar-refractivity contribution is 6.30. The molecule has 0 aromatic heterocycles. The molecule has 0 heterocycles. The van der Waals surface area contributed by atoms with Crippen LogP contribution in [0.4, 0.5) is 0 Å². The fourth-order valence-corrected chi connectivity index (χ4v) is 5.59. The van der Waals surface area contributed by atoms with E-state index < -0.39 is 0 Å². The molecule has 0 nitrogen and oxygen atoms in total. The Kier molecular flexibility index (Phi) is 7.71. The van der Waals surface area contributed by atoms with Crippen LogP contribution in [0.15, 0.2) is 24.3 Å². The normalized spacial score (nSPS) is 30.3. The molecule has 0 atom stereocenters. The maximum Gasteiger partial charge on any atom is 0.0406 e. The Labute approximate surface area is 160 Å². The molecule has 0 saturated heterocycles. The first-order chi connectivity index (χ1) is 12.3. The van der Waals surface area contributed by atoms with E-state index in [1.54, 1.807) is 0 Å². The molecule has 1 aromatic rings. The molecule has 2 fully saturated rings. The number of hydrogen-bond donors (Lipinski definition) is 0. The predicted octanol–water partition coefficient (Wildman–Crippen LogP) is 8.39. The van der Waals surface area contributed by atoms with E-state index in [9.17, 15) is 0 Å². The number of unbranched alkanes of at least 4 members (excludes halogenated alkanes) is 3. The SMILES string of the molecule is CCCCCC[C@H]1CC[C@H]([C@H]2CC[C@H](c3ccc(Cl)cc3)CC2)CC1. The summed E-state index contributed by atoms with van der Waals surface area (Å²) in [6.45, 7) is 2.31. The Bertz CT molecular complexity index is 475. The smallest absolute Gasteiger partial charge is 0.0406 e.